The summed E-state index contributed by atoms with van der Waals surface area (Å²) in [4.78, 5) is 21.4. The van der Waals surface area contributed by atoms with Crippen molar-refractivity contribution in [1.29, 1.82) is 0 Å². The third-order valence-electron chi connectivity index (χ3n) is 1.18. The number of amides is 1. The summed E-state index contributed by atoms with van der Waals surface area (Å²) in [7, 11) is 0. The largest absolute Gasteiger partial charge is 0.345 e. The van der Waals surface area contributed by atoms with Crippen LogP contribution in [0.3, 0.4) is 0 Å². The fourth-order valence-corrected chi connectivity index (χ4v) is 0.921. The van der Waals surface area contributed by atoms with Gasteiger partial charge in [0.15, 0.2) is 16.9 Å². The number of carbonyl (C=O) groups excluding carboxylic acids is 2. The number of hydrogen-bond acceptors (Lipinski definition) is 3. The van der Waals surface area contributed by atoms with Gasteiger partial charge in [-0.2, -0.15) is 0 Å². The van der Waals surface area contributed by atoms with E-state index < -0.39 is 6.04 Å². The van der Waals surface area contributed by atoms with Crippen molar-refractivity contribution in [2.45, 2.75) is 13.0 Å². The molecule has 0 saturated carbocycles. The normalized spacial score (nSPS) is 23.9. The van der Waals surface area contributed by atoms with Gasteiger partial charge in [0, 0.05) is 0 Å². The Bertz CT molecular complexity index is 214. The highest BCUT2D eigenvalue weighted by Crippen LogP contribution is 1.93. The molecule has 0 spiro atoms. The standard InChI is InChI=1S/C5H6N2O2S/c1-2(8)3-4(9)7-5(10)6-3/h3H,1H3,(H2,6,7,9,10). The second kappa shape index (κ2) is 2.34. The van der Waals surface area contributed by atoms with Gasteiger partial charge in [0.05, 0.1) is 0 Å². The van der Waals surface area contributed by atoms with Gasteiger partial charge in [0.2, 0.25) is 0 Å². The predicted molar refractivity (Wildman–Crippen MR) is 38.3 cm³/mol. The van der Waals surface area contributed by atoms with Crippen LogP contribution >= 0.6 is 12.2 Å². The third kappa shape index (κ3) is 1.13. The molecular weight excluding hydrogens is 152 g/mol. The average molecular weight is 158 g/mol. The van der Waals surface area contributed by atoms with Gasteiger partial charge in [-0.25, -0.2) is 0 Å². The maximum Gasteiger partial charge on any atom is 0.256 e. The Hall–Kier alpha value is -0.970. The van der Waals surface area contributed by atoms with Gasteiger partial charge in [0.1, 0.15) is 0 Å². The summed E-state index contributed by atoms with van der Waals surface area (Å²) < 4.78 is 0. The fraction of sp³-hybridized carbons (Fsp3) is 0.400. The Morgan fingerprint density at radius 3 is 2.50 bits per heavy atom. The number of nitrogens with one attached hydrogen (secondary N) is 2. The predicted octanol–water partition coefficient (Wildman–Crippen LogP) is -1.05. The van der Waals surface area contributed by atoms with E-state index in [0.717, 1.165) is 0 Å². The zero-order chi connectivity index (χ0) is 7.72. The van der Waals surface area contributed by atoms with Crippen molar-refractivity contribution >= 4 is 29.0 Å². The Labute approximate surface area is 63.0 Å². The summed E-state index contributed by atoms with van der Waals surface area (Å²) in [5.74, 6) is -0.588. The topological polar surface area (TPSA) is 58.2 Å². The van der Waals surface area contributed by atoms with Crippen molar-refractivity contribution in [2.75, 3.05) is 0 Å². The molecule has 1 heterocycles. The Kier molecular flexibility index (Phi) is 1.67. The molecule has 5 heteroatoms. The van der Waals surface area contributed by atoms with Crippen LogP contribution in [0.5, 0.6) is 0 Å². The lowest BCUT2D eigenvalue weighted by molar-refractivity contribution is -0.127. The van der Waals surface area contributed by atoms with Crippen LogP contribution in [0, 0.1) is 0 Å². The maximum absolute atomic E-state index is 10.7. The fourth-order valence-electron chi connectivity index (χ4n) is 0.703. The summed E-state index contributed by atoms with van der Waals surface area (Å²) in [6.07, 6.45) is 0. The molecule has 1 atom stereocenters. The zero-order valence-corrected chi connectivity index (χ0v) is 6.12. The van der Waals surface area contributed by atoms with Gasteiger partial charge < -0.3 is 10.6 Å². The van der Waals surface area contributed by atoms with Crippen LogP contribution < -0.4 is 10.6 Å². The van der Waals surface area contributed by atoms with Crippen LogP contribution in [0.4, 0.5) is 0 Å². The van der Waals surface area contributed by atoms with E-state index in [-0.39, 0.29) is 16.8 Å². The van der Waals surface area contributed by atoms with E-state index in [2.05, 4.69) is 22.9 Å². The first-order valence-corrected chi connectivity index (χ1v) is 3.14. The maximum atomic E-state index is 10.7. The first kappa shape index (κ1) is 7.14. The van der Waals surface area contributed by atoms with Crippen LogP contribution in [0.25, 0.3) is 0 Å². The lowest BCUT2D eigenvalue weighted by Crippen LogP contribution is -2.35. The molecule has 1 amide bonds. The quantitative estimate of drug-likeness (QED) is 0.377. The zero-order valence-electron chi connectivity index (χ0n) is 5.30. The minimum atomic E-state index is -0.771. The molecule has 0 aromatic heterocycles. The van der Waals surface area contributed by atoms with Gasteiger partial charge in [-0.05, 0) is 19.1 Å². The van der Waals surface area contributed by atoms with Crippen LogP contribution in [0.2, 0.25) is 0 Å². The molecule has 1 rings (SSSR count). The van der Waals surface area contributed by atoms with Gasteiger partial charge in [-0.3, -0.25) is 9.59 Å². The van der Waals surface area contributed by atoms with Crippen molar-refractivity contribution in [1.82, 2.24) is 10.6 Å². The minimum absolute atomic E-state index is 0.225. The molecule has 1 aliphatic rings. The van der Waals surface area contributed by atoms with E-state index >= 15 is 0 Å². The van der Waals surface area contributed by atoms with Crippen LogP contribution in [-0.2, 0) is 9.59 Å². The molecule has 0 bridgehead atoms. The molecule has 0 aromatic rings. The summed E-state index contributed by atoms with van der Waals surface area (Å²) in [5, 5.41) is 5.06. The van der Waals surface area contributed by atoms with Gasteiger partial charge in [-0.1, -0.05) is 0 Å². The molecule has 10 heavy (non-hydrogen) atoms. The molecule has 2 N–H and O–H groups in total. The Balaban J connectivity index is 2.72. The van der Waals surface area contributed by atoms with Crippen molar-refractivity contribution < 1.29 is 9.59 Å². The molecule has 0 aromatic carbocycles. The number of rotatable bonds is 1. The molecule has 4 nitrogen and oxygen atoms in total. The molecule has 1 saturated heterocycles. The minimum Gasteiger partial charge on any atom is -0.345 e. The molecule has 1 unspecified atom stereocenters. The molecule has 54 valence electrons. The highest BCUT2D eigenvalue weighted by Gasteiger charge is 2.30. The van der Waals surface area contributed by atoms with E-state index in [0.29, 0.717) is 0 Å². The first-order valence-electron chi connectivity index (χ1n) is 2.73. The smallest absolute Gasteiger partial charge is 0.256 e. The Morgan fingerprint density at radius 1 is 1.70 bits per heavy atom. The summed E-state index contributed by atoms with van der Waals surface area (Å²) in [6.45, 7) is 1.34. The highest BCUT2D eigenvalue weighted by atomic mass is 32.1. The van der Waals surface area contributed by atoms with E-state index in [4.69, 9.17) is 0 Å². The molecule has 0 radical (unpaired) electrons. The van der Waals surface area contributed by atoms with Crippen LogP contribution in [0.15, 0.2) is 0 Å². The van der Waals surface area contributed by atoms with Gasteiger partial charge in [0.25, 0.3) is 5.91 Å². The van der Waals surface area contributed by atoms with E-state index in [1.165, 1.54) is 6.92 Å². The summed E-state index contributed by atoms with van der Waals surface area (Å²) in [6, 6.07) is -0.771. The number of carbonyl (C=O) groups is 2. The van der Waals surface area contributed by atoms with Gasteiger partial charge >= 0.3 is 0 Å². The van der Waals surface area contributed by atoms with Crippen molar-refractivity contribution in [3.05, 3.63) is 0 Å². The number of ketones is 1. The van der Waals surface area contributed by atoms with Crippen molar-refractivity contribution in [3.63, 3.8) is 0 Å². The van der Waals surface area contributed by atoms with Crippen LogP contribution in [-0.4, -0.2) is 22.8 Å². The molecule has 1 aliphatic heterocycles. The monoisotopic (exact) mass is 158 g/mol. The summed E-state index contributed by atoms with van der Waals surface area (Å²) >= 11 is 4.60. The average Bonchev–Trinajstić information content (AvgIpc) is 2.10. The van der Waals surface area contributed by atoms with Crippen molar-refractivity contribution in [2.24, 2.45) is 0 Å². The summed E-state index contributed by atoms with van der Waals surface area (Å²) in [5.41, 5.74) is 0. The molecular formula is C5H6N2O2S. The number of Topliss-reactive ketones (excluding diaryl/α,β-unsaturated/α-hetero) is 1. The lowest BCUT2D eigenvalue weighted by Gasteiger charge is -1.99. The van der Waals surface area contributed by atoms with Crippen LogP contribution in [0.1, 0.15) is 6.92 Å². The lowest BCUT2D eigenvalue weighted by atomic mass is 10.2. The van der Waals surface area contributed by atoms with Crippen molar-refractivity contribution in [3.8, 4) is 0 Å². The highest BCUT2D eigenvalue weighted by molar-refractivity contribution is 7.80. The first-order chi connectivity index (χ1) is 4.61. The molecule has 0 aliphatic carbocycles. The Morgan fingerprint density at radius 2 is 2.30 bits per heavy atom. The van der Waals surface area contributed by atoms with E-state index in [9.17, 15) is 9.59 Å². The number of hydrogen-bond donors (Lipinski definition) is 2. The second-order valence-corrected chi connectivity index (χ2v) is 2.41. The third-order valence-corrected chi connectivity index (χ3v) is 1.40. The number of thiocarbonyl (C=S) groups is 1. The SMILES string of the molecule is CC(=O)C1NC(=S)NC1=O. The second-order valence-electron chi connectivity index (χ2n) is 2.01. The van der Waals surface area contributed by atoms with E-state index in [1.807, 2.05) is 0 Å². The van der Waals surface area contributed by atoms with E-state index in [1.54, 1.807) is 0 Å². The molecule has 1 fully saturated rings. The van der Waals surface area contributed by atoms with Gasteiger partial charge in [-0.15, -0.1) is 0 Å².